The van der Waals surface area contributed by atoms with Crippen LogP contribution in [0.5, 0.6) is 11.5 Å². The molecule has 1 aliphatic heterocycles. The molecule has 0 radical (unpaired) electrons. The van der Waals surface area contributed by atoms with E-state index in [1.807, 2.05) is 17.4 Å². The van der Waals surface area contributed by atoms with Crippen molar-refractivity contribution >= 4 is 48.0 Å². The minimum Gasteiger partial charge on any atom is -0.456 e. The summed E-state index contributed by atoms with van der Waals surface area (Å²) in [5.74, 6) is 1.89. The van der Waals surface area contributed by atoms with Crippen molar-refractivity contribution in [3.8, 4) is 11.5 Å². The Kier molecular flexibility index (Phi) is 6.71. The highest BCUT2D eigenvalue weighted by molar-refractivity contribution is 7.35. The van der Waals surface area contributed by atoms with E-state index in [2.05, 4.69) is 32.6 Å². The van der Waals surface area contributed by atoms with Gasteiger partial charge in [-0.15, -0.1) is 16.4 Å². The third-order valence-electron chi connectivity index (χ3n) is 5.57. The number of rotatable bonds is 7. The summed E-state index contributed by atoms with van der Waals surface area (Å²) in [5, 5.41) is 16.1. The molecule has 1 amide bonds. The number of fused-ring (bicyclic) bond motifs is 1. The number of hydrogen-bond donors (Lipinski definition) is 3. The van der Waals surface area contributed by atoms with Gasteiger partial charge in [0.15, 0.2) is 16.6 Å². The van der Waals surface area contributed by atoms with Crippen molar-refractivity contribution in [2.45, 2.75) is 25.8 Å². The van der Waals surface area contributed by atoms with Crippen LogP contribution in [0.4, 0.5) is 10.9 Å². The lowest BCUT2D eigenvalue weighted by Crippen LogP contribution is -2.38. The maximum absolute atomic E-state index is 12.5. The fourth-order valence-electron chi connectivity index (χ4n) is 3.91. The Hall–Kier alpha value is -3.07. The minimum atomic E-state index is -0.204. The number of amides is 1. The van der Waals surface area contributed by atoms with Gasteiger partial charge in [0.05, 0.1) is 0 Å². The number of pyridine rings is 1. The Bertz CT molecular complexity index is 1300. The highest BCUT2D eigenvalue weighted by Gasteiger charge is 2.21. The van der Waals surface area contributed by atoms with E-state index in [4.69, 9.17) is 9.84 Å². The summed E-state index contributed by atoms with van der Waals surface area (Å²) >= 11 is 1.44. The molecule has 3 N–H and O–H groups in total. The number of carbonyl (C=O) groups excluding carboxylic acids is 1. The Labute approximate surface area is 203 Å². The number of anilines is 2. The van der Waals surface area contributed by atoms with Gasteiger partial charge in [-0.1, -0.05) is 0 Å². The molecule has 1 aliphatic rings. The number of aryl methyl sites for hydroxylation is 1. The second-order valence-corrected chi connectivity index (χ2v) is 10.1. The summed E-state index contributed by atoms with van der Waals surface area (Å²) in [7, 11) is 0.449. The van der Waals surface area contributed by atoms with E-state index in [1.165, 1.54) is 11.3 Å². The molecule has 0 saturated carbocycles. The fraction of sp³-hybridized carbons (Fsp3) is 0.304. The summed E-state index contributed by atoms with van der Waals surface area (Å²) in [6, 6.07) is 9.23. The molecule has 1 unspecified atom stereocenters. The first kappa shape index (κ1) is 22.7. The van der Waals surface area contributed by atoms with Gasteiger partial charge >= 0.3 is 0 Å². The van der Waals surface area contributed by atoms with Crippen molar-refractivity contribution < 1.29 is 9.53 Å². The van der Waals surface area contributed by atoms with E-state index < -0.39 is 0 Å². The van der Waals surface area contributed by atoms with Gasteiger partial charge in [0.2, 0.25) is 0 Å². The summed E-state index contributed by atoms with van der Waals surface area (Å²) in [4.78, 5) is 22.3. The van der Waals surface area contributed by atoms with Gasteiger partial charge in [-0.25, -0.2) is 14.4 Å². The second-order valence-electron chi connectivity index (χ2n) is 8.04. The van der Waals surface area contributed by atoms with E-state index >= 15 is 0 Å². The van der Waals surface area contributed by atoms with Crippen LogP contribution in [0.2, 0.25) is 0 Å². The zero-order chi connectivity index (χ0) is 23.5. The first-order chi connectivity index (χ1) is 16.6. The van der Waals surface area contributed by atoms with Crippen LogP contribution in [0.15, 0.2) is 42.7 Å². The molecule has 5 rings (SSSR count). The summed E-state index contributed by atoms with van der Waals surface area (Å²) < 4.78 is 8.16. The Morgan fingerprint density at radius 3 is 2.82 bits per heavy atom. The Balaban J connectivity index is 1.37. The highest BCUT2D eigenvalue weighted by atomic mass is 32.1. The fourth-order valence-corrected chi connectivity index (χ4v) is 5.15. The summed E-state index contributed by atoms with van der Waals surface area (Å²) in [6.07, 6.45) is 5.70. The van der Waals surface area contributed by atoms with E-state index in [0.717, 1.165) is 47.7 Å². The standard InChI is InChI=1S/C23H26N7O2PS/c1-14-12-26-23(34-14)28-22(31)15-5-7-17(8-6-15)32-18-9-11-25-21-19(18)20(29-30(21)33-2)27-16-4-3-10-24-13-16/h5-9,11-12,16,24,33H,3-4,10,13H2,1-2H3,(H,27,29)(H,26,28,31)/t16-/m1/s1. The molecule has 2 atom stereocenters. The van der Waals surface area contributed by atoms with Crippen molar-refractivity contribution in [2.24, 2.45) is 0 Å². The first-order valence-electron chi connectivity index (χ1n) is 11.1. The maximum Gasteiger partial charge on any atom is 0.257 e. The van der Waals surface area contributed by atoms with Crippen molar-refractivity contribution in [3.05, 3.63) is 53.2 Å². The molecule has 4 aromatic rings. The van der Waals surface area contributed by atoms with Crippen molar-refractivity contribution in [1.29, 1.82) is 0 Å². The molecular formula is C23H26N7O2PS. The third-order valence-corrected chi connectivity index (χ3v) is 7.13. The zero-order valence-corrected chi connectivity index (χ0v) is 20.8. The van der Waals surface area contributed by atoms with Crippen LogP contribution in [-0.4, -0.2) is 51.2 Å². The number of nitrogens with one attached hydrogen (secondary N) is 3. The molecule has 1 saturated heterocycles. The number of ether oxygens (including phenoxy) is 1. The van der Waals surface area contributed by atoms with Crippen molar-refractivity contribution in [3.63, 3.8) is 0 Å². The van der Waals surface area contributed by atoms with Gasteiger partial charge in [0, 0.05) is 50.2 Å². The molecule has 3 aromatic heterocycles. The average Bonchev–Trinajstić information content (AvgIpc) is 3.43. The lowest BCUT2D eigenvalue weighted by Gasteiger charge is -2.23. The molecule has 1 aromatic carbocycles. The molecule has 4 heterocycles. The molecule has 34 heavy (non-hydrogen) atoms. The molecule has 11 heteroatoms. The highest BCUT2D eigenvalue weighted by Crippen LogP contribution is 2.36. The largest absolute Gasteiger partial charge is 0.456 e. The smallest absolute Gasteiger partial charge is 0.257 e. The Morgan fingerprint density at radius 1 is 1.26 bits per heavy atom. The van der Waals surface area contributed by atoms with E-state index in [9.17, 15) is 4.79 Å². The number of thiazole rings is 1. The van der Waals surface area contributed by atoms with Gasteiger partial charge in [-0.3, -0.25) is 10.1 Å². The second kappa shape index (κ2) is 10.0. The van der Waals surface area contributed by atoms with E-state index in [-0.39, 0.29) is 5.91 Å². The third kappa shape index (κ3) is 4.89. The van der Waals surface area contributed by atoms with Crippen LogP contribution < -0.4 is 20.7 Å². The molecule has 1 fully saturated rings. The van der Waals surface area contributed by atoms with Crippen LogP contribution in [0, 0.1) is 6.92 Å². The van der Waals surface area contributed by atoms with Gasteiger partial charge in [0.1, 0.15) is 16.9 Å². The van der Waals surface area contributed by atoms with Gasteiger partial charge < -0.3 is 15.4 Å². The Morgan fingerprint density at radius 2 is 2.12 bits per heavy atom. The quantitative estimate of drug-likeness (QED) is 0.325. The van der Waals surface area contributed by atoms with E-state index in [1.54, 1.807) is 36.7 Å². The minimum absolute atomic E-state index is 0.204. The van der Waals surface area contributed by atoms with Gasteiger partial charge in [-0.2, -0.15) is 0 Å². The number of carbonyl (C=O) groups is 1. The predicted molar refractivity (Wildman–Crippen MR) is 138 cm³/mol. The molecule has 176 valence electrons. The monoisotopic (exact) mass is 495 g/mol. The molecule has 9 nitrogen and oxygen atoms in total. The van der Waals surface area contributed by atoms with Crippen molar-refractivity contribution in [1.82, 2.24) is 24.8 Å². The number of piperidine rings is 1. The first-order valence-corrected chi connectivity index (χ1v) is 13.4. The maximum atomic E-state index is 12.5. The zero-order valence-electron chi connectivity index (χ0n) is 19.0. The van der Waals surface area contributed by atoms with Crippen molar-refractivity contribution in [2.75, 3.05) is 30.4 Å². The number of benzene rings is 1. The normalized spacial score (nSPS) is 16.2. The molecule has 0 aliphatic carbocycles. The van der Waals surface area contributed by atoms with Gasteiger partial charge in [-0.05, 0) is 57.2 Å². The van der Waals surface area contributed by atoms with Crippen LogP contribution >= 0.6 is 20.1 Å². The number of aromatic nitrogens is 4. The summed E-state index contributed by atoms with van der Waals surface area (Å²) in [5.41, 5.74) is 1.33. The molecular weight excluding hydrogens is 469 g/mol. The predicted octanol–water partition coefficient (Wildman–Crippen LogP) is 4.48. The number of hydrogen-bond acceptors (Lipinski definition) is 8. The van der Waals surface area contributed by atoms with Crippen LogP contribution in [0.25, 0.3) is 11.0 Å². The lowest BCUT2D eigenvalue weighted by molar-refractivity contribution is 0.102. The molecule has 0 bridgehead atoms. The topological polar surface area (TPSA) is 106 Å². The van der Waals surface area contributed by atoms with E-state index in [0.29, 0.717) is 37.0 Å². The van der Waals surface area contributed by atoms with Crippen LogP contribution in [-0.2, 0) is 0 Å². The summed E-state index contributed by atoms with van der Waals surface area (Å²) in [6.45, 7) is 5.98. The average molecular weight is 496 g/mol. The molecule has 0 spiro atoms. The number of nitrogens with zero attached hydrogens (tertiary/aromatic N) is 4. The van der Waals surface area contributed by atoms with Crippen LogP contribution in [0.3, 0.4) is 0 Å². The lowest BCUT2D eigenvalue weighted by atomic mass is 10.1. The SMILES string of the molecule is CPn1nc(N[C@@H]2CCCNC2)c2c(Oc3ccc(C(=O)Nc4ncc(C)s4)cc3)ccnc21. The van der Waals surface area contributed by atoms with Gasteiger partial charge in [0.25, 0.3) is 5.91 Å². The van der Waals surface area contributed by atoms with Crippen LogP contribution in [0.1, 0.15) is 28.1 Å².